The molecule has 4 rings (SSSR count). The molecule has 1 saturated heterocycles. The molecule has 0 atom stereocenters. The average molecular weight is 471 g/mol. The summed E-state index contributed by atoms with van der Waals surface area (Å²) < 4.78 is 31.5. The Bertz CT molecular complexity index is 1210. The number of anilines is 1. The normalized spacial score (nSPS) is 15.8. The molecular formula is C24H30N4O4S. The number of hydrogen-bond acceptors (Lipinski definition) is 5. The van der Waals surface area contributed by atoms with Crippen molar-refractivity contribution >= 4 is 32.5 Å². The number of sulfonamides is 1. The van der Waals surface area contributed by atoms with Crippen LogP contribution in [-0.2, 0) is 14.8 Å². The van der Waals surface area contributed by atoms with Gasteiger partial charge in [0.05, 0.1) is 13.7 Å². The zero-order valence-electron chi connectivity index (χ0n) is 19.2. The lowest BCUT2D eigenvalue weighted by molar-refractivity contribution is -0.117. The van der Waals surface area contributed by atoms with Crippen LogP contribution in [0.15, 0.2) is 53.4 Å². The molecule has 1 aromatic heterocycles. The van der Waals surface area contributed by atoms with E-state index in [1.54, 1.807) is 12.1 Å². The van der Waals surface area contributed by atoms with Gasteiger partial charge in [-0.05, 0) is 61.6 Å². The van der Waals surface area contributed by atoms with Gasteiger partial charge in [0.2, 0.25) is 15.9 Å². The summed E-state index contributed by atoms with van der Waals surface area (Å²) in [4.78, 5) is 18.3. The maximum atomic E-state index is 12.6. The molecule has 3 aromatic rings. The highest BCUT2D eigenvalue weighted by Gasteiger charge is 2.25. The number of benzene rings is 2. The second-order valence-electron chi connectivity index (χ2n) is 8.56. The first-order valence-electron chi connectivity index (χ1n) is 11.0. The van der Waals surface area contributed by atoms with E-state index >= 15 is 0 Å². The number of likely N-dealkylation sites (tertiary alicyclic amines) is 1. The Morgan fingerprint density at radius 2 is 1.88 bits per heavy atom. The fourth-order valence-corrected chi connectivity index (χ4v) is 5.35. The van der Waals surface area contributed by atoms with E-state index in [2.05, 4.69) is 33.4 Å². The number of aromatic nitrogens is 1. The molecule has 0 spiro atoms. The summed E-state index contributed by atoms with van der Waals surface area (Å²) >= 11 is 0. The van der Waals surface area contributed by atoms with Crippen LogP contribution in [0.5, 0.6) is 5.75 Å². The van der Waals surface area contributed by atoms with Crippen LogP contribution < -0.4 is 10.1 Å². The Morgan fingerprint density at radius 3 is 2.55 bits per heavy atom. The molecule has 1 aliphatic rings. The topological polar surface area (TPSA) is 94.7 Å². The van der Waals surface area contributed by atoms with Crippen LogP contribution in [0.25, 0.3) is 10.9 Å². The van der Waals surface area contributed by atoms with Gasteiger partial charge in [-0.3, -0.25) is 9.69 Å². The number of aromatic amines is 1. The highest BCUT2D eigenvalue weighted by Crippen LogP contribution is 2.31. The molecule has 2 N–H and O–H groups in total. The predicted octanol–water partition coefficient (Wildman–Crippen LogP) is 3.24. The molecule has 176 valence electrons. The number of methoxy groups -OCH3 is 1. The summed E-state index contributed by atoms with van der Waals surface area (Å²) in [6.45, 7) is 1.92. The zero-order chi connectivity index (χ0) is 23.6. The fraction of sp³-hybridized carbons (Fsp3) is 0.375. The van der Waals surface area contributed by atoms with Gasteiger partial charge in [0.1, 0.15) is 10.6 Å². The molecule has 1 fully saturated rings. The first-order valence-corrected chi connectivity index (χ1v) is 12.4. The number of carbonyl (C=O) groups is 1. The number of piperidine rings is 1. The molecule has 1 amide bonds. The number of rotatable bonds is 7. The third-order valence-corrected chi connectivity index (χ3v) is 7.99. The zero-order valence-corrected chi connectivity index (χ0v) is 20.0. The first kappa shape index (κ1) is 23.3. The smallest absolute Gasteiger partial charge is 0.246 e. The van der Waals surface area contributed by atoms with Crippen LogP contribution in [0, 0.1) is 0 Å². The highest BCUT2D eigenvalue weighted by atomic mass is 32.2. The Hall–Kier alpha value is -2.88. The number of hydrogen-bond donors (Lipinski definition) is 2. The van der Waals surface area contributed by atoms with Crippen LogP contribution in [0.3, 0.4) is 0 Å². The van der Waals surface area contributed by atoms with Crippen molar-refractivity contribution in [2.45, 2.75) is 23.7 Å². The van der Waals surface area contributed by atoms with Gasteiger partial charge in [-0.15, -0.1) is 0 Å². The van der Waals surface area contributed by atoms with Crippen LogP contribution in [0.2, 0.25) is 0 Å². The summed E-state index contributed by atoms with van der Waals surface area (Å²) in [5.74, 6) is 0.523. The number of carbonyl (C=O) groups excluding carboxylic acids is 1. The van der Waals surface area contributed by atoms with E-state index in [-0.39, 0.29) is 23.1 Å². The maximum absolute atomic E-state index is 12.6. The fourth-order valence-electron chi connectivity index (χ4n) is 4.27. The number of fused-ring (bicyclic) bond motifs is 1. The molecule has 0 saturated carbocycles. The number of H-pyrrole nitrogens is 1. The summed E-state index contributed by atoms with van der Waals surface area (Å²) in [5, 5.41) is 4.05. The Kier molecular flexibility index (Phi) is 6.73. The number of ether oxygens (including phenoxy) is 1. The lowest BCUT2D eigenvalue weighted by atomic mass is 9.93. The number of para-hydroxylation sites is 1. The minimum absolute atomic E-state index is 0.0203. The van der Waals surface area contributed by atoms with Crippen molar-refractivity contribution < 1.29 is 17.9 Å². The van der Waals surface area contributed by atoms with Crippen molar-refractivity contribution in [1.29, 1.82) is 0 Å². The van der Waals surface area contributed by atoms with E-state index in [1.165, 1.54) is 38.4 Å². The minimum Gasteiger partial charge on any atom is -0.495 e. The van der Waals surface area contributed by atoms with Crippen LogP contribution in [0.1, 0.15) is 24.5 Å². The van der Waals surface area contributed by atoms with Gasteiger partial charge in [0.15, 0.2) is 0 Å². The van der Waals surface area contributed by atoms with Crippen molar-refractivity contribution in [1.82, 2.24) is 14.2 Å². The van der Waals surface area contributed by atoms with Gasteiger partial charge in [-0.25, -0.2) is 12.7 Å². The monoisotopic (exact) mass is 470 g/mol. The molecule has 2 heterocycles. The van der Waals surface area contributed by atoms with Gasteiger partial charge in [0, 0.05) is 36.9 Å². The van der Waals surface area contributed by atoms with Gasteiger partial charge >= 0.3 is 0 Å². The van der Waals surface area contributed by atoms with Gasteiger partial charge in [0.25, 0.3) is 0 Å². The molecule has 2 aromatic carbocycles. The largest absolute Gasteiger partial charge is 0.495 e. The van der Waals surface area contributed by atoms with Crippen LogP contribution in [0.4, 0.5) is 5.69 Å². The summed E-state index contributed by atoms with van der Waals surface area (Å²) in [6, 6.07) is 15.1. The average Bonchev–Trinajstić information content (AvgIpc) is 3.23. The van der Waals surface area contributed by atoms with Gasteiger partial charge in [-0.1, -0.05) is 18.2 Å². The third-order valence-electron chi connectivity index (χ3n) is 6.15. The van der Waals surface area contributed by atoms with E-state index in [0.29, 0.717) is 11.6 Å². The van der Waals surface area contributed by atoms with Crippen molar-refractivity contribution in [3.05, 3.63) is 54.2 Å². The number of nitrogens with one attached hydrogen (secondary N) is 2. The maximum Gasteiger partial charge on any atom is 0.246 e. The Balaban J connectivity index is 1.36. The molecule has 0 unspecified atom stereocenters. The van der Waals surface area contributed by atoms with Crippen molar-refractivity contribution in [2.75, 3.05) is 46.2 Å². The quantitative estimate of drug-likeness (QED) is 0.553. The highest BCUT2D eigenvalue weighted by molar-refractivity contribution is 7.89. The number of nitrogens with zero attached hydrogens (tertiary/aromatic N) is 2. The second-order valence-corrected chi connectivity index (χ2v) is 10.7. The minimum atomic E-state index is -3.70. The van der Waals surface area contributed by atoms with Crippen LogP contribution >= 0.6 is 0 Å². The lowest BCUT2D eigenvalue weighted by Gasteiger charge is -2.31. The molecule has 0 radical (unpaired) electrons. The van der Waals surface area contributed by atoms with E-state index in [9.17, 15) is 13.2 Å². The SMILES string of the molecule is COc1ccc(NC(=O)CN2CCC(c3cc4ccccc4[nH]3)CC2)cc1S(=O)(=O)N(C)C. The molecule has 8 nitrogen and oxygen atoms in total. The van der Waals surface area contributed by atoms with E-state index < -0.39 is 10.0 Å². The van der Waals surface area contributed by atoms with E-state index in [0.717, 1.165) is 35.8 Å². The second kappa shape index (κ2) is 9.54. The Morgan fingerprint density at radius 1 is 1.15 bits per heavy atom. The first-order chi connectivity index (χ1) is 15.8. The molecule has 9 heteroatoms. The molecule has 1 aliphatic heterocycles. The van der Waals surface area contributed by atoms with Crippen molar-refractivity contribution in [2.24, 2.45) is 0 Å². The van der Waals surface area contributed by atoms with Crippen LogP contribution in [-0.4, -0.2) is 69.4 Å². The lowest BCUT2D eigenvalue weighted by Crippen LogP contribution is -2.38. The summed E-state index contributed by atoms with van der Waals surface area (Å²) in [6.07, 6.45) is 1.96. The van der Waals surface area contributed by atoms with E-state index in [4.69, 9.17) is 4.74 Å². The van der Waals surface area contributed by atoms with Gasteiger partial charge < -0.3 is 15.0 Å². The predicted molar refractivity (Wildman–Crippen MR) is 129 cm³/mol. The van der Waals surface area contributed by atoms with Gasteiger partial charge in [-0.2, -0.15) is 0 Å². The van der Waals surface area contributed by atoms with Crippen molar-refractivity contribution in [3.63, 3.8) is 0 Å². The van der Waals surface area contributed by atoms with E-state index in [1.807, 2.05) is 12.1 Å². The molecular weight excluding hydrogens is 440 g/mol. The molecule has 0 bridgehead atoms. The summed E-state index contributed by atoms with van der Waals surface area (Å²) in [7, 11) is 0.630. The third kappa shape index (κ3) is 5.05. The molecule has 33 heavy (non-hydrogen) atoms. The molecule has 0 aliphatic carbocycles. The summed E-state index contributed by atoms with van der Waals surface area (Å²) in [5.41, 5.74) is 2.84. The standard InChI is InChI=1S/C24H30N4O4S/c1-27(2)33(30,31)23-15-19(8-9-22(23)32-3)25-24(29)16-28-12-10-17(11-13-28)21-14-18-6-4-5-7-20(18)26-21/h4-9,14-15,17,26H,10-13,16H2,1-3H3,(H,25,29). The van der Waals surface area contributed by atoms with Crippen molar-refractivity contribution in [3.8, 4) is 5.75 Å². The Labute approximate surface area is 194 Å². The number of amides is 1.